The molecule has 2 aromatic carbocycles. The van der Waals surface area contributed by atoms with E-state index in [0.29, 0.717) is 11.5 Å². The first-order chi connectivity index (χ1) is 18.4. The molecule has 0 radical (unpaired) electrons. The van der Waals surface area contributed by atoms with Crippen molar-refractivity contribution in [1.82, 2.24) is 25.5 Å². The first-order valence-corrected chi connectivity index (χ1v) is 12.7. The summed E-state index contributed by atoms with van der Waals surface area (Å²) in [6.45, 7) is 6.96. The summed E-state index contributed by atoms with van der Waals surface area (Å²) in [5, 5.41) is 15.6. The van der Waals surface area contributed by atoms with E-state index in [1.54, 1.807) is 29.2 Å². The van der Waals surface area contributed by atoms with E-state index in [-0.39, 0.29) is 41.2 Å². The highest BCUT2D eigenvalue weighted by molar-refractivity contribution is 6.03. The number of hydrogen-bond donors (Lipinski definition) is 2. The van der Waals surface area contributed by atoms with Crippen molar-refractivity contribution < 1.29 is 27.5 Å². The van der Waals surface area contributed by atoms with Gasteiger partial charge in [0.1, 0.15) is 5.75 Å². The van der Waals surface area contributed by atoms with Gasteiger partial charge in [0, 0.05) is 23.7 Å². The fraction of sp³-hybridized carbons (Fsp3) is 0.444. The molecule has 0 aliphatic heterocycles. The van der Waals surface area contributed by atoms with Crippen LogP contribution in [0.15, 0.2) is 48.5 Å². The number of aromatic nitrogens is 4. The molecule has 1 aliphatic carbocycles. The first kappa shape index (κ1) is 28.1. The second-order valence-electron chi connectivity index (χ2n) is 10.8. The number of amides is 2. The Kier molecular flexibility index (Phi) is 8.22. The van der Waals surface area contributed by atoms with Gasteiger partial charge in [0.15, 0.2) is 0 Å². The number of carbonyl (C=O) groups excluding carboxylic acids is 2. The van der Waals surface area contributed by atoms with Crippen LogP contribution in [0.25, 0.3) is 0 Å². The van der Waals surface area contributed by atoms with Gasteiger partial charge in [0.05, 0.1) is 0 Å². The molecular formula is C27H31F3N6O3. The third-order valence-electron chi connectivity index (χ3n) is 7.10. The lowest BCUT2D eigenvalue weighted by atomic mass is 9.71. The SMILES string of the molecule is CC(C)(C)C1CCC(N(Cc2ccc(C(=O)Nc3nn[nH]n3)cc2)C(=O)c2ccc(OC(F)(F)F)cc2)CC1. The van der Waals surface area contributed by atoms with Crippen molar-refractivity contribution in [3.63, 3.8) is 0 Å². The predicted molar refractivity (Wildman–Crippen MR) is 137 cm³/mol. The van der Waals surface area contributed by atoms with Gasteiger partial charge in [-0.2, -0.15) is 5.21 Å². The minimum atomic E-state index is -4.81. The number of nitrogens with one attached hydrogen (secondary N) is 2. The molecule has 1 heterocycles. The summed E-state index contributed by atoms with van der Waals surface area (Å²) < 4.78 is 41.7. The average Bonchev–Trinajstić information content (AvgIpc) is 3.39. The predicted octanol–water partition coefficient (Wildman–Crippen LogP) is 5.60. The summed E-state index contributed by atoms with van der Waals surface area (Å²) in [7, 11) is 0. The van der Waals surface area contributed by atoms with E-state index in [1.807, 2.05) is 0 Å². The number of anilines is 1. The van der Waals surface area contributed by atoms with Crippen molar-refractivity contribution >= 4 is 17.8 Å². The normalized spacial score (nSPS) is 17.9. The van der Waals surface area contributed by atoms with Gasteiger partial charge < -0.3 is 9.64 Å². The highest BCUT2D eigenvalue weighted by Gasteiger charge is 2.34. The summed E-state index contributed by atoms with van der Waals surface area (Å²) >= 11 is 0. The molecule has 1 saturated carbocycles. The Morgan fingerprint density at radius 2 is 1.59 bits per heavy atom. The van der Waals surface area contributed by atoms with E-state index < -0.39 is 12.3 Å². The van der Waals surface area contributed by atoms with E-state index in [1.165, 1.54) is 12.1 Å². The Morgan fingerprint density at radius 1 is 0.974 bits per heavy atom. The van der Waals surface area contributed by atoms with Crippen LogP contribution in [-0.4, -0.2) is 49.7 Å². The van der Waals surface area contributed by atoms with Crippen LogP contribution in [0.4, 0.5) is 19.1 Å². The molecule has 12 heteroatoms. The fourth-order valence-corrected chi connectivity index (χ4v) is 4.93. The zero-order chi connectivity index (χ0) is 28.2. The van der Waals surface area contributed by atoms with E-state index in [4.69, 9.17) is 0 Å². The highest BCUT2D eigenvalue weighted by Crippen LogP contribution is 2.39. The van der Waals surface area contributed by atoms with Crippen LogP contribution in [0.1, 0.15) is 72.7 Å². The summed E-state index contributed by atoms with van der Waals surface area (Å²) in [5.41, 5.74) is 1.65. The molecule has 9 nitrogen and oxygen atoms in total. The summed E-state index contributed by atoms with van der Waals surface area (Å²) in [6.07, 6.45) is -1.20. The topological polar surface area (TPSA) is 113 Å². The maximum Gasteiger partial charge on any atom is 0.573 e. The molecular weight excluding hydrogens is 513 g/mol. The van der Waals surface area contributed by atoms with E-state index in [9.17, 15) is 22.8 Å². The van der Waals surface area contributed by atoms with E-state index in [0.717, 1.165) is 43.4 Å². The maximum absolute atomic E-state index is 13.7. The molecule has 2 amide bonds. The van der Waals surface area contributed by atoms with Crippen LogP contribution in [0.3, 0.4) is 0 Å². The van der Waals surface area contributed by atoms with Crippen LogP contribution in [0.2, 0.25) is 0 Å². The third-order valence-corrected chi connectivity index (χ3v) is 7.10. The van der Waals surface area contributed by atoms with E-state index in [2.05, 4.69) is 51.4 Å². The second kappa shape index (κ2) is 11.4. The van der Waals surface area contributed by atoms with Crippen LogP contribution in [0.5, 0.6) is 5.75 Å². The largest absolute Gasteiger partial charge is 0.573 e. The van der Waals surface area contributed by atoms with Crippen molar-refractivity contribution in [3.05, 3.63) is 65.2 Å². The van der Waals surface area contributed by atoms with Gasteiger partial charge in [-0.1, -0.05) is 38.0 Å². The van der Waals surface area contributed by atoms with Gasteiger partial charge >= 0.3 is 6.36 Å². The number of hydrogen-bond acceptors (Lipinski definition) is 6. The van der Waals surface area contributed by atoms with E-state index >= 15 is 0 Å². The summed E-state index contributed by atoms with van der Waals surface area (Å²) in [5.74, 6) is -0.463. The lowest BCUT2D eigenvalue weighted by molar-refractivity contribution is -0.274. The van der Waals surface area contributed by atoms with Crippen molar-refractivity contribution in [1.29, 1.82) is 0 Å². The Bertz CT molecular complexity index is 1250. The monoisotopic (exact) mass is 544 g/mol. The number of H-pyrrole nitrogens is 1. The smallest absolute Gasteiger partial charge is 0.406 e. The number of rotatable bonds is 7. The number of tetrazole rings is 1. The van der Waals surface area contributed by atoms with Gasteiger partial charge in [-0.3, -0.25) is 14.9 Å². The number of aromatic amines is 1. The van der Waals surface area contributed by atoms with Crippen LogP contribution >= 0.6 is 0 Å². The molecule has 1 aromatic heterocycles. The first-order valence-electron chi connectivity index (χ1n) is 12.7. The Hall–Kier alpha value is -3.96. The zero-order valence-corrected chi connectivity index (χ0v) is 22.0. The van der Waals surface area contributed by atoms with Crippen LogP contribution in [0, 0.1) is 11.3 Å². The van der Waals surface area contributed by atoms with Gasteiger partial charge in [-0.05, 0) is 84.2 Å². The standard InChI is InChI=1S/C27H31F3N6O3/c1-26(2,3)20-10-12-21(13-11-20)36(24(38)19-8-14-22(15-9-19)39-27(28,29)30)16-17-4-6-18(7-5-17)23(37)31-25-32-34-35-33-25/h4-9,14-15,20-21H,10-13,16H2,1-3H3,(H2,31,32,33,34,35,37). The summed E-state index contributed by atoms with van der Waals surface area (Å²) in [6, 6.07) is 11.8. The molecule has 0 atom stereocenters. The second-order valence-corrected chi connectivity index (χ2v) is 10.8. The number of carbonyl (C=O) groups is 2. The quantitative estimate of drug-likeness (QED) is 0.401. The third kappa shape index (κ3) is 7.55. The lowest BCUT2D eigenvalue weighted by Crippen LogP contribution is -2.43. The zero-order valence-electron chi connectivity index (χ0n) is 22.0. The highest BCUT2D eigenvalue weighted by atomic mass is 19.4. The Labute approximate surface area is 224 Å². The van der Waals surface area contributed by atoms with Crippen molar-refractivity contribution in [3.8, 4) is 5.75 Å². The van der Waals surface area contributed by atoms with Crippen LogP contribution < -0.4 is 10.1 Å². The molecule has 4 rings (SSSR count). The molecule has 0 saturated heterocycles. The fourth-order valence-electron chi connectivity index (χ4n) is 4.93. The molecule has 0 bridgehead atoms. The average molecular weight is 545 g/mol. The number of benzene rings is 2. The lowest BCUT2D eigenvalue weighted by Gasteiger charge is -2.41. The molecule has 39 heavy (non-hydrogen) atoms. The number of ether oxygens (including phenoxy) is 1. The van der Waals surface area contributed by atoms with Crippen molar-refractivity contribution in [2.24, 2.45) is 11.3 Å². The van der Waals surface area contributed by atoms with Gasteiger partial charge in [0.2, 0.25) is 0 Å². The van der Waals surface area contributed by atoms with Gasteiger partial charge in [-0.25, -0.2) is 0 Å². The molecule has 0 unspecified atom stereocenters. The van der Waals surface area contributed by atoms with Crippen molar-refractivity contribution in [2.45, 2.75) is 65.4 Å². The minimum absolute atomic E-state index is 0.0246. The minimum Gasteiger partial charge on any atom is -0.406 e. The molecule has 1 aliphatic rings. The van der Waals surface area contributed by atoms with Crippen LogP contribution in [-0.2, 0) is 6.54 Å². The van der Waals surface area contributed by atoms with Crippen molar-refractivity contribution in [2.75, 3.05) is 5.32 Å². The maximum atomic E-state index is 13.7. The molecule has 2 N–H and O–H groups in total. The molecule has 0 spiro atoms. The molecule has 3 aromatic rings. The number of alkyl halides is 3. The Morgan fingerprint density at radius 3 is 2.13 bits per heavy atom. The summed E-state index contributed by atoms with van der Waals surface area (Å²) in [4.78, 5) is 27.9. The van der Waals surface area contributed by atoms with Gasteiger partial charge in [0.25, 0.3) is 17.8 Å². The van der Waals surface area contributed by atoms with Gasteiger partial charge in [-0.15, -0.1) is 18.3 Å². The number of nitrogens with zero attached hydrogens (tertiary/aromatic N) is 4. The Balaban J connectivity index is 1.51. The molecule has 1 fully saturated rings. The number of halogens is 3. The molecule has 208 valence electrons.